The molecule has 0 radical (unpaired) electrons. The molecule has 0 unspecified atom stereocenters. The monoisotopic (exact) mass is 438 g/mol. The van der Waals surface area contributed by atoms with E-state index in [0.29, 0.717) is 16.8 Å². The van der Waals surface area contributed by atoms with Crippen molar-refractivity contribution in [2.75, 3.05) is 23.6 Å². The van der Waals surface area contributed by atoms with Gasteiger partial charge in [0.1, 0.15) is 5.82 Å². The Kier molecular flexibility index (Phi) is 6.29. The molecule has 0 saturated heterocycles. The summed E-state index contributed by atoms with van der Waals surface area (Å²) in [7, 11) is -0.892. The van der Waals surface area contributed by atoms with Crippen molar-refractivity contribution >= 4 is 33.4 Å². The van der Waals surface area contributed by atoms with Crippen molar-refractivity contribution in [1.82, 2.24) is 14.5 Å². The van der Waals surface area contributed by atoms with Crippen LogP contribution in [0.2, 0.25) is 0 Å². The molecule has 0 aliphatic heterocycles. The lowest BCUT2D eigenvalue weighted by Crippen LogP contribution is -2.16. The zero-order chi connectivity index (χ0) is 22.6. The minimum Gasteiger partial charge on any atom is -0.383 e. The number of aromatic nitrogens is 3. The summed E-state index contributed by atoms with van der Waals surface area (Å²) >= 11 is 0. The summed E-state index contributed by atoms with van der Waals surface area (Å²) < 4.78 is 15.2. The number of imidazole rings is 1. The molecule has 0 aliphatic carbocycles. The van der Waals surface area contributed by atoms with Gasteiger partial charge in [-0.2, -0.15) is 4.36 Å². The van der Waals surface area contributed by atoms with Gasteiger partial charge >= 0.3 is 0 Å². The molecule has 10 heteroatoms. The first-order chi connectivity index (χ1) is 14.6. The molecule has 9 nitrogen and oxygen atoms in total. The van der Waals surface area contributed by atoms with Gasteiger partial charge in [0, 0.05) is 36.9 Å². The number of nitrogens with zero attached hydrogens (tertiary/aromatic N) is 4. The smallest absolute Gasteiger partial charge is 0.291 e. The Morgan fingerprint density at radius 1 is 1.23 bits per heavy atom. The SMILES string of the molecule is Cn1ccnc1C(=O)Nc1cccc(C#Cc2cc(C(=O)N=[SH](C)(C)O)cnc2N)c1. The van der Waals surface area contributed by atoms with Crippen molar-refractivity contribution < 1.29 is 14.1 Å². The second-order valence-corrected chi connectivity index (χ2v) is 9.92. The molecule has 160 valence electrons. The van der Waals surface area contributed by atoms with Crippen LogP contribution in [0.5, 0.6) is 0 Å². The summed E-state index contributed by atoms with van der Waals surface area (Å²) in [6, 6.07) is 8.47. The molecule has 31 heavy (non-hydrogen) atoms. The molecule has 4 N–H and O–H groups in total. The molecule has 0 bridgehead atoms. The third-order valence-electron chi connectivity index (χ3n) is 3.99. The maximum atomic E-state index is 12.3. The Labute approximate surface area is 180 Å². The highest BCUT2D eigenvalue weighted by atomic mass is 32.3. The van der Waals surface area contributed by atoms with Gasteiger partial charge in [0.2, 0.25) is 0 Å². The van der Waals surface area contributed by atoms with Gasteiger partial charge in [0.15, 0.2) is 5.82 Å². The predicted octanol–water partition coefficient (Wildman–Crippen LogP) is 1.99. The molecule has 2 amide bonds. The van der Waals surface area contributed by atoms with E-state index in [4.69, 9.17) is 5.73 Å². The number of nitrogens with one attached hydrogen (secondary N) is 1. The van der Waals surface area contributed by atoms with E-state index >= 15 is 0 Å². The summed E-state index contributed by atoms with van der Waals surface area (Å²) in [6.07, 6.45) is 7.55. The summed E-state index contributed by atoms with van der Waals surface area (Å²) in [5.41, 5.74) is 7.62. The number of rotatable bonds is 3. The number of benzene rings is 1. The number of anilines is 2. The van der Waals surface area contributed by atoms with Crippen LogP contribution in [0.15, 0.2) is 53.3 Å². The molecule has 0 fully saturated rings. The highest BCUT2D eigenvalue weighted by Crippen LogP contribution is 2.14. The van der Waals surface area contributed by atoms with Crippen molar-refractivity contribution in [3.63, 3.8) is 0 Å². The van der Waals surface area contributed by atoms with E-state index in [0.717, 1.165) is 0 Å². The Bertz CT molecular complexity index is 1270. The van der Waals surface area contributed by atoms with Crippen LogP contribution < -0.4 is 11.1 Å². The average Bonchev–Trinajstić information content (AvgIpc) is 3.12. The van der Waals surface area contributed by atoms with Gasteiger partial charge in [0.05, 0.1) is 11.1 Å². The molecule has 0 saturated carbocycles. The minimum absolute atomic E-state index is 0.168. The molecule has 2 aromatic heterocycles. The van der Waals surface area contributed by atoms with Crippen molar-refractivity contribution in [1.29, 1.82) is 0 Å². The lowest BCUT2D eigenvalue weighted by Gasteiger charge is -2.09. The van der Waals surface area contributed by atoms with Gasteiger partial charge in [-0.05, 0) is 36.8 Å². The molecule has 3 rings (SSSR count). The molecular formula is C21H22N6O3S. The van der Waals surface area contributed by atoms with Crippen molar-refractivity contribution in [3.8, 4) is 11.8 Å². The standard InChI is InChI=1S/C21H22N6O3S/c1-27-10-9-23-19(27)21(29)25-17-6-4-5-14(11-17)7-8-15-12-16(13-24-18(15)22)20(28)26-31(2,3)30/h4-6,9-13,31H,1-3H3,(H2,22,24)(H,25,29)(H,26,28,30). The van der Waals surface area contributed by atoms with Crippen LogP contribution >= 0.6 is 0 Å². The van der Waals surface area contributed by atoms with E-state index in [-0.39, 0.29) is 23.1 Å². The summed E-state index contributed by atoms with van der Waals surface area (Å²) in [5, 5.41) is 2.78. The Balaban J connectivity index is 1.83. The normalized spacial score (nSPS) is 11.2. The molecular weight excluding hydrogens is 416 g/mol. The largest absolute Gasteiger partial charge is 0.383 e. The lowest BCUT2D eigenvalue weighted by atomic mass is 10.1. The lowest BCUT2D eigenvalue weighted by molar-refractivity contribution is 0.0998. The Hall–Kier alpha value is -3.81. The van der Waals surface area contributed by atoms with Gasteiger partial charge in [-0.15, -0.1) is 10.1 Å². The molecule has 0 spiro atoms. The first kappa shape index (κ1) is 21.9. The number of nitrogens with two attached hydrogens (primary N) is 1. The molecule has 2 heterocycles. The predicted molar refractivity (Wildman–Crippen MR) is 122 cm³/mol. The number of pyridine rings is 1. The maximum Gasteiger partial charge on any atom is 0.291 e. The maximum absolute atomic E-state index is 12.3. The minimum atomic E-state index is -2.63. The van der Waals surface area contributed by atoms with Crippen molar-refractivity contribution in [3.05, 3.63) is 71.4 Å². The summed E-state index contributed by atoms with van der Waals surface area (Å²) in [4.78, 5) is 32.5. The number of carbonyl (C=O) groups is 2. The van der Waals surface area contributed by atoms with Crippen LogP contribution in [0.1, 0.15) is 32.1 Å². The number of thiol groups is 1. The van der Waals surface area contributed by atoms with Crippen LogP contribution in [0.3, 0.4) is 0 Å². The summed E-state index contributed by atoms with van der Waals surface area (Å²) in [6.45, 7) is 0. The number of amides is 2. The van der Waals surface area contributed by atoms with E-state index in [1.807, 2.05) is 0 Å². The van der Waals surface area contributed by atoms with E-state index in [2.05, 4.69) is 31.5 Å². The van der Waals surface area contributed by atoms with Crippen LogP contribution in [0.4, 0.5) is 11.5 Å². The van der Waals surface area contributed by atoms with Gasteiger partial charge < -0.3 is 20.2 Å². The summed E-state index contributed by atoms with van der Waals surface area (Å²) in [5.74, 6) is 5.38. The van der Waals surface area contributed by atoms with Gasteiger partial charge in [0.25, 0.3) is 11.8 Å². The van der Waals surface area contributed by atoms with Gasteiger partial charge in [-0.1, -0.05) is 17.9 Å². The average molecular weight is 439 g/mol. The Morgan fingerprint density at radius 2 is 2.00 bits per heavy atom. The quantitative estimate of drug-likeness (QED) is 0.365. The number of aryl methyl sites for hydroxylation is 1. The van der Waals surface area contributed by atoms with Crippen LogP contribution in [0.25, 0.3) is 0 Å². The second-order valence-electron chi connectivity index (χ2n) is 7.05. The first-order valence-electron chi connectivity index (χ1n) is 9.13. The van der Waals surface area contributed by atoms with E-state index in [1.54, 1.807) is 48.3 Å². The van der Waals surface area contributed by atoms with Crippen LogP contribution in [0, 0.1) is 11.8 Å². The first-order valence-corrected chi connectivity index (χ1v) is 11.7. The van der Waals surface area contributed by atoms with Crippen LogP contribution in [-0.2, 0) is 17.2 Å². The molecule has 1 aromatic carbocycles. The fraction of sp³-hybridized carbons (Fsp3) is 0.143. The molecule has 3 aromatic rings. The van der Waals surface area contributed by atoms with E-state index in [1.165, 1.54) is 24.8 Å². The second kappa shape index (κ2) is 8.91. The number of hydrogen-bond acceptors (Lipinski definition) is 5. The highest BCUT2D eigenvalue weighted by Gasteiger charge is 2.11. The fourth-order valence-corrected chi connectivity index (χ4v) is 3.12. The van der Waals surface area contributed by atoms with Crippen molar-refractivity contribution in [2.45, 2.75) is 0 Å². The van der Waals surface area contributed by atoms with Crippen LogP contribution in [-0.4, -0.2) is 43.4 Å². The topological polar surface area (TPSA) is 135 Å². The third kappa shape index (κ3) is 5.85. The van der Waals surface area contributed by atoms with Crippen molar-refractivity contribution in [2.24, 2.45) is 11.4 Å². The van der Waals surface area contributed by atoms with E-state index in [9.17, 15) is 14.1 Å². The van der Waals surface area contributed by atoms with Gasteiger partial charge in [-0.25, -0.2) is 9.97 Å². The molecule has 0 atom stereocenters. The number of hydrogen-bond donors (Lipinski definition) is 4. The zero-order valence-electron chi connectivity index (χ0n) is 17.2. The number of nitrogen functional groups attached to an aromatic ring is 1. The molecule has 0 aliphatic rings. The zero-order valence-corrected chi connectivity index (χ0v) is 18.1. The highest BCUT2D eigenvalue weighted by molar-refractivity contribution is 7.98. The Morgan fingerprint density at radius 3 is 2.68 bits per heavy atom. The van der Waals surface area contributed by atoms with E-state index < -0.39 is 16.0 Å². The fourth-order valence-electron chi connectivity index (χ4n) is 2.56. The third-order valence-corrected chi connectivity index (χ3v) is 4.66. The van der Waals surface area contributed by atoms with Gasteiger partial charge in [-0.3, -0.25) is 9.59 Å². The number of carbonyl (C=O) groups excluding carboxylic acids is 2.